The Morgan fingerprint density at radius 3 is 2.34 bits per heavy atom. The summed E-state index contributed by atoms with van der Waals surface area (Å²) >= 11 is 0. The number of aromatic nitrogens is 2. The number of Topliss-reactive ketones (excluding diaryl/α,β-unsaturated/α-hetero) is 1. The van der Waals surface area contributed by atoms with Gasteiger partial charge in [-0.05, 0) is 36.8 Å². The SMILES string of the molecule is CC(C)C[C@H](NC(=O)[C@@H](CC(=O)[C@@H]1CCN1c1nccc(-c2ccccc2)n1)Cc1ccccc1)B(O)O. The number of nitrogens with zero attached hydrogens (tertiary/aromatic N) is 3. The van der Waals surface area contributed by atoms with Gasteiger partial charge in [-0.1, -0.05) is 74.5 Å². The Morgan fingerprint density at radius 2 is 1.74 bits per heavy atom. The van der Waals surface area contributed by atoms with E-state index in [-0.39, 0.29) is 24.0 Å². The van der Waals surface area contributed by atoms with E-state index < -0.39 is 25.0 Å². The molecule has 3 atom stereocenters. The molecule has 1 amide bonds. The smallest absolute Gasteiger partial charge is 0.426 e. The predicted molar refractivity (Wildman–Crippen MR) is 148 cm³/mol. The zero-order valence-electron chi connectivity index (χ0n) is 21.9. The van der Waals surface area contributed by atoms with Gasteiger partial charge in [-0.15, -0.1) is 0 Å². The second-order valence-electron chi connectivity index (χ2n) is 10.3. The summed E-state index contributed by atoms with van der Waals surface area (Å²) in [6.45, 7) is 4.57. The van der Waals surface area contributed by atoms with Crippen LogP contribution in [-0.4, -0.2) is 57.4 Å². The van der Waals surface area contributed by atoms with Crippen LogP contribution in [-0.2, 0) is 16.0 Å². The third kappa shape index (κ3) is 7.05. The van der Waals surface area contributed by atoms with Crippen molar-refractivity contribution in [3.05, 3.63) is 78.5 Å². The number of benzene rings is 2. The van der Waals surface area contributed by atoms with E-state index in [2.05, 4.69) is 10.3 Å². The van der Waals surface area contributed by atoms with Crippen molar-refractivity contribution < 1.29 is 19.6 Å². The van der Waals surface area contributed by atoms with Crippen LogP contribution in [0.25, 0.3) is 11.3 Å². The van der Waals surface area contributed by atoms with Crippen LogP contribution in [0.4, 0.5) is 5.95 Å². The van der Waals surface area contributed by atoms with Crippen LogP contribution in [0.5, 0.6) is 0 Å². The fourth-order valence-corrected chi connectivity index (χ4v) is 4.82. The zero-order valence-corrected chi connectivity index (χ0v) is 21.9. The number of amides is 1. The van der Waals surface area contributed by atoms with Crippen molar-refractivity contribution in [2.45, 2.75) is 51.5 Å². The lowest BCUT2D eigenvalue weighted by Gasteiger charge is -2.40. The molecule has 1 aromatic heterocycles. The van der Waals surface area contributed by atoms with Gasteiger partial charge in [0.05, 0.1) is 17.7 Å². The summed E-state index contributed by atoms with van der Waals surface area (Å²) < 4.78 is 0. The highest BCUT2D eigenvalue weighted by molar-refractivity contribution is 6.43. The third-order valence-electron chi connectivity index (χ3n) is 6.92. The van der Waals surface area contributed by atoms with Gasteiger partial charge in [0, 0.05) is 30.6 Å². The van der Waals surface area contributed by atoms with E-state index in [4.69, 9.17) is 4.98 Å². The van der Waals surface area contributed by atoms with E-state index in [1.165, 1.54) is 0 Å². The number of carbonyl (C=O) groups excluding carboxylic acids is 2. The maximum Gasteiger partial charge on any atom is 0.475 e. The molecular formula is C29H35BN4O4. The fourth-order valence-electron chi connectivity index (χ4n) is 4.82. The third-order valence-corrected chi connectivity index (χ3v) is 6.92. The van der Waals surface area contributed by atoms with Crippen LogP contribution in [0.3, 0.4) is 0 Å². The van der Waals surface area contributed by atoms with Crippen molar-refractivity contribution in [2.24, 2.45) is 11.8 Å². The molecule has 1 saturated heterocycles. The van der Waals surface area contributed by atoms with Crippen molar-refractivity contribution in [1.82, 2.24) is 15.3 Å². The molecule has 3 aromatic rings. The standard InChI is InChI=1S/C29H35BN4O4/c1-20(2)17-27(30(37)38)33-28(36)23(18-21-9-5-3-6-10-21)19-26(35)25-14-16-34(25)29-31-15-13-24(32-29)22-11-7-4-8-12-22/h3-13,15,20,23,25,27,37-38H,14,16-19H2,1-2H3,(H,33,36)/t23-,25+,27+/m1/s1. The molecule has 4 rings (SSSR count). The van der Waals surface area contributed by atoms with Crippen LogP contribution in [0.1, 0.15) is 38.7 Å². The summed E-state index contributed by atoms with van der Waals surface area (Å²) in [6, 6.07) is 20.8. The molecule has 2 aromatic carbocycles. The van der Waals surface area contributed by atoms with Gasteiger partial charge in [0.25, 0.3) is 0 Å². The molecule has 1 fully saturated rings. The van der Waals surface area contributed by atoms with Gasteiger partial charge < -0.3 is 20.3 Å². The van der Waals surface area contributed by atoms with Crippen molar-refractivity contribution in [1.29, 1.82) is 0 Å². The second kappa shape index (κ2) is 12.8. The number of anilines is 1. The first kappa shape index (κ1) is 27.5. The molecule has 3 N–H and O–H groups in total. The minimum Gasteiger partial charge on any atom is -0.426 e. The van der Waals surface area contributed by atoms with E-state index in [0.717, 1.165) is 16.8 Å². The minimum atomic E-state index is -1.68. The number of ketones is 1. The molecule has 0 radical (unpaired) electrons. The second-order valence-corrected chi connectivity index (χ2v) is 10.3. The lowest BCUT2D eigenvalue weighted by Crippen LogP contribution is -2.54. The summed E-state index contributed by atoms with van der Waals surface area (Å²) in [7, 11) is -1.68. The zero-order chi connectivity index (χ0) is 27.1. The van der Waals surface area contributed by atoms with Gasteiger partial charge in [0.1, 0.15) is 0 Å². The summed E-state index contributed by atoms with van der Waals surface area (Å²) in [5, 5.41) is 22.4. The van der Waals surface area contributed by atoms with Crippen LogP contribution in [0, 0.1) is 11.8 Å². The van der Waals surface area contributed by atoms with E-state index >= 15 is 0 Å². The van der Waals surface area contributed by atoms with E-state index in [1.807, 2.05) is 85.5 Å². The van der Waals surface area contributed by atoms with Crippen molar-refractivity contribution in [2.75, 3.05) is 11.4 Å². The number of hydrogen-bond acceptors (Lipinski definition) is 7. The number of hydrogen-bond donors (Lipinski definition) is 3. The molecule has 8 nitrogen and oxygen atoms in total. The Kier molecular flexibility index (Phi) is 9.26. The highest BCUT2D eigenvalue weighted by Crippen LogP contribution is 2.28. The van der Waals surface area contributed by atoms with Crippen molar-refractivity contribution in [3.8, 4) is 11.3 Å². The maximum absolute atomic E-state index is 13.5. The first-order chi connectivity index (χ1) is 18.3. The molecule has 0 saturated carbocycles. The predicted octanol–water partition coefficient (Wildman–Crippen LogP) is 3.08. The number of carbonyl (C=O) groups is 2. The van der Waals surface area contributed by atoms with Gasteiger partial charge in [-0.3, -0.25) is 9.59 Å². The van der Waals surface area contributed by atoms with Gasteiger partial charge in [-0.2, -0.15) is 0 Å². The lowest BCUT2D eigenvalue weighted by molar-refractivity contribution is -0.130. The first-order valence-corrected chi connectivity index (χ1v) is 13.2. The Bertz CT molecular complexity index is 1210. The van der Waals surface area contributed by atoms with Gasteiger partial charge >= 0.3 is 7.12 Å². The minimum absolute atomic E-state index is 0.0379. The molecule has 0 spiro atoms. The molecular weight excluding hydrogens is 479 g/mol. The monoisotopic (exact) mass is 514 g/mol. The molecule has 0 bridgehead atoms. The molecule has 9 heteroatoms. The summed E-state index contributed by atoms with van der Waals surface area (Å²) in [4.78, 5) is 37.8. The van der Waals surface area contributed by atoms with E-state index in [9.17, 15) is 19.6 Å². The molecule has 2 heterocycles. The van der Waals surface area contributed by atoms with E-state index in [0.29, 0.717) is 31.8 Å². The topological polar surface area (TPSA) is 116 Å². The number of nitrogens with one attached hydrogen (secondary N) is 1. The van der Waals surface area contributed by atoms with Crippen LogP contribution in [0.2, 0.25) is 0 Å². The molecule has 198 valence electrons. The van der Waals surface area contributed by atoms with E-state index in [1.54, 1.807) is 6.20 Å². The summed E-state index contributed by atoms with van der Waals surface area (Å²) in [5.74, 6) is -1.19. The molecule has 38 heavy (non-hydrogen) atoms. The van der Waals surface area contributed by atoms with Crippen molar-refractivity contribution in [3.63, 3.8) is 0 Å². The quantitative estimate of drug-likeness (QED) is 0.318. The van der Waals surface area contributed by atoms with Gasteiger partial charge in [-0.25, -0.2) is 9.97 Å². The van der Waals surface area contributed by atoms with Gasteiger partial charge in [0.15, 0.2) is 5.78 Å². The van der Waals surface area contributed by atoms with Crippen LogP contribution in [0.15, 0.2) is 72.9 Å². The Morgan fingerprint density at radius 1 is 1.05 bits per heavy atom. The maximum atomic E-state index is 13.5. The Hall–Kier alpha value is -3.56. The molecule has 0 unspecified atom stereocenters. The highest BCUT2D eigenvalue weighted by atomic mass is 16.4. The first-order valence-electron chi connectivity index (χ1n) is 13.2. The summed E-state index contributed by atoms with van der Waals surface area (Å²) in [5.41, 5.74) is 2.70. The van der Waals surface area contributed by atoms with Gasteiger partial charge in [0.2, 0.25) is 11.9 Å². The fraction of sp³-hybridized carbons (Fsp3) is 0.379. The summed E-state index contributed by atoms with van der Waals surface area (Å²) in [6.07, 6.45) is 3.20. The largest absolute Gasteiger partial charge is 0.475 e. The van der Waals surface area contributed by atoms with Crippen molar-refractivity contribution >= 4 is 24.8 Å². The average molecular weight is 514 g/mol. The lowest BCUT2D eigenvalue weighted by atomic mass is 9.74. The Balaban J connectivity index is 1.49. The van der Waals surface area contributed by atoms with Crippen LogP contribution < -0.4 is 10.2 Å². The molecule has 1 aliphatic heterocycles. The number of rotatable bonds is 12. The highest BCUT2D eigenvalue weighted by Gasteiger charge is 2.38. The Labute approximate surface area is 224 Å². The molecule has 1 aliphatic rings. The molecule has 0 aliphatic carbocycles. The average Bonchev–Trinajstić information content (AvgIpc) is 2.88. The van der Waals surface area contributed by atoms with Crippen LogP contribution >= 0.6 is 0 Å². The normalized spacial score (nSPS) is 16.4.